The van der Waals surface area contributed by atoms with E-state index in [9.17, 15) is 9.59 Å². The number of nitrogens with one attached hydrogen (secondary N) is 1. The summed E-state index contributed by atoms with van der Waals surface area (Å²) in [7, 11) is 1.41. The summed E-state index contributed by atoms with van der Waals surface area (Å²) in [4.78, 5) is 30.0. The fourth-order valence-corrected chi connectivity index (χ4v) is 3.26. The van der Waals surface area contributed by atoms with Gasteiger partial charge in [-0.15, -0.1) is 11.3 Å². The molecule has 23 heavy (non-hydrogen) atoms. The highest BCUT2D eigenvalue weighted by molar-refractivity contribution is 7.13. The van der Waals surface area contributed by atoms with Gasteiger partial charge < -0.3 is 15.0 Å². The number of piperidine rings is 1. The fourth-order valence-electron chi connectivity index (χ4n) is 2.57. The number of hydrogen-bond acceptors (Lipinski definition) is 6. The van der Waals surface area contributed by atoms with Gasteiger partial charge >= 0.3 is 5.97 Å². The second-order valence-electron chi connectivity index (χ2n) is 6.33. The number of likely N-dealkylation sites (tertiary alicyclic amines) is 1. The highest BCUT2D eigenvalue weighted by Gasteiger charge is 2.26. The predicted octanol–water partition coefficient (Wildman–Crippen LogP) is 2.63. The summed E-state index contributed by atoms with van der Waals surface area (Å²) in [5.74, 6) is 0.655. The largest absolute Gasteiger partial charge is 0.469 e. The molecule has 1 amide bonds. The van der Waals surface area contributed by atoms with E-state index in [1.54, 1.807) is 0 Å². The van der Waals surface area contributed by atoms with Crippen molar-refractivity contribution in [3.63, 3.8) is 0 Å². The molecule has 0 bridgehead atoms. The van der Waals surface area contributed by atoms with E-state index in [-0.39, 0.29) is 11.9 Å². The minimum absolute atomic E-state index is 0.0182. The molecule has 0 atom stereocenters. The molecule has 1 aromatic heterocycles. The van der Waals surface area contributed by atoms with Crippen molar-refractivity contribution in [3.8, 4) is 0 Å². The quantitative estimate of drug-likeness (QED) is 0.807. The van der Waals surface area contributed by atoms with E-state index in [1.807, 2.05) is 10.3 Å². The van der Waals surface area contributed by atoms with Crippen molar-refractivity contribution in [2.45, 2.75) is 33.1 Å². The van der Waals surface area contributed by atoms with Gasteiger partial charge in [-0.3, -0.25) is 9.59 Å². The van der Waals surface area contributed by atoms with Crippen LogP contribution in [0.3, 0.4) is 0 Å². The Labute approximate surface area is 141 Å². The lowest BCUT2D eigenvalue weighted by molar-refractivity contribution is -0.142. The topological polar surface area (TPSA) is 71.5 Å². The van der Waals surface area contributed by atoms with Crippen LogP contribution in [0.1, 0.15) is 43.6 Å². The summed E-state index contributed by atoms with van der Waals surface area (Å²) in [6.07, 6.45) is 2.12. The Morgan fingerprint density at radius 1 is 1.43 bits per heavy atom. The number of ether oxygens (including phenoxy) is 1. The van der Waals surface area contributed by atoms with Crippen LogP contribution in [-0.2, 0) is 9.53 Å². The van der Waals surface area contributed by atoms with Gasteiger partial charge in [0, 0.05) is 31.4 Å². The third kappa shape index (κ3) is 5.20. The van der Waals surface area contributed by atoms with Crippen LogP contribution >= 0.6 is 11.3 Å². The Balaban J connectivity index is 1.84. The molecule has 1 N–H and O–H groups in total. The number of aromatic nitrogens is 1. The zero-order valence-electron chi connectivity index (χ0n) is 14.0. The number of carbonyl (C=O) groups is 2. The van der Waals surface area contributed by atoms with E-state index < -0.39 is 0 Å². The summed E-state index contributed by atoms with van der Waals surface area (Å²) < 4.78 is 4.70. The Bertz CT molecular complexity index is 536. The number of anilines is 1. The van der Waals surface area contributed by atoms with E-state index >= 15 is 0 Å². The number of amides is 1. The molecule has 1 aromatic rings. The number of esters is 1. The second-order valence-corrected chi connectivity index (χ2v) is 7.19. The molecule has 1 saturated heterocycles. The molecule has 0 aromatic carbocycles. The summed E-state index contributed by atoms with van der Waals surface area (Å²) >= 11 is 1.46. The Kier molecular flexibility index (Phi) is 6.38. The average molecular weight is 339 g/mol. The first-order valence-corrected chi connectivity index (χ1v) is 8.93. The van der Waals surface area contributed by atoms with Crippen molar-refractivity contribution < 1.29 is 14.3 Å². The van der Waals surface area contributed by atoms with Gasteiger partial charge in [-0.2, -0.15) is 0 Å². The smallest absolute Gasteiger partial charge is 0.305 e. The van der Waals surface area contributed by atoms with Crippen LogP contribution in [0.25, 0.3) is 0 Å². The lowest BCUT2D eigenvalue weighted by Crippen LogP contribution is -2.39. The van der Waals surface area contributed by atoms with Crippen LogP contribution in [0.4, 0.5) is 5.13 Å². The first-order chi connectivity index (χ1) is 11.0. The monoisotopic (exact) mass is 339 g/mol. The van der Waals surface area contributed by atoms with Gasteiger partial charge in [0.05, 0.1) is 7.11 Å². The van der Waals surface area contributed by atoms with Gasteiger partial charge in [0.25, 0.3) is 5.91 Å². The van der Waals surface area contributed by atoms with Crippen molar-refractivity contribution >= 4 is 28.3 Å². The summed E-state index contributed by atoms with van der Waals surface area (Å²) in [6.45, 7) is 6.45. The van der Waals surface area contributed by atoms with Gasteiger partial charge in [0.2, 0.25) is 0 Å². The molecule has 0 saturated carbocycles. The molecule has 7 heteroatoms. The van der Waals surface area contributed by atoms with E-state index in [2.05, 4.69) is 24.1 Å². The van der Waals surface area contributed by atoms with Crippen LogP contribution in [0.15, 0.2) is 5.38 Å². The van der Waals surface area contributed by atoms with E-state index in [0.717, 1.165) is 24.5 Å². The fraction of sp³-hybridized carbons (Fsp3) is 0.688. The lowest BCUT2D eigenvalue weighted by Gasteiger charge is -2.31. The van der Waals surface area contributed by atoms with E-state index in [0.29, 0.717) is 37.0 Å². The minimum Gasteiger partial charge on any atom is -0.469 e. The Morgan fingerprint density at radius 2 is 2.13 bits per heavy atom. The first kappa shape index (κ1) is 17.7. The van der Waals surface area contributed by atoms with Crippen LogP contribution in [0, 0.1) is 11.8 Å². The highest BCUT2D eigenvalue weighted by atomic mass is 32.1. The number of methoxy groups -OCH3 is 1. The van der Waals surface area contributed by atoms with Gasteiger partial charge in [-0.05, 0) is 24.7 Å². The van der Waals surface area contributed by atoms with Crippen molar-refractivity contribution in [2.24, 2.45) is 11.8 Å². The van der Waals surface area contributed by atoms with Crippen molar-refractivity contribution in [1.82, 2.24) is 9.88 Å². The number of thiazole rings is 1. The molecule has 1 aliphatic heterocycles. The zero-order valence-corrected chi connectivity index (χ0v) is 14.8. The van der Waals surface area contributed by atoms with Crippen LogP contribution in [0.2, 0.25) is 0 Å². The lowest BCUT2D eigenvalue weighted by atomic mass is 9.93. The first-order valence-electron chi connectivity index (χ1n) is 8.05. The van der Waals surface area contributed by atoms with Gasteiger partial charge in [0.1, 0.15) is 5.69 Å². The molecule has 0 spiro atoms. The van der Waals surface area contributed by atoms with Crippen LogP contribution in [-0.4, -0.2) is 48.5 Å². The maximum Gasteiger partial charge on any atom is 0.305 e. The summed E-state index contributed by atoms with van der Waals surface area (Å²) in [5, 5.41) is 5.85. The van der Waals surface area contributed by atoms with Crippen molar-refractivity contribution in [1.29, 1.82) is 0 Å². The standard InChI is InChI=1S/C16H25N3O3S/c1-11(2)9-17-16-18-13(10-23-16)15(21)19-6-4-12(5-7-19)8-14(20)22-3/h10-12H,4-9H2,1-3H3,(H,17,18). The third-order valence-electron chi connectivity index (χ3n) is 3.97. The Hall–Kier alpha value is -1.63. The highest BCUT2D eigenvalue weighted by Crippen LogP contribution is 2.23. The normalized spacial score (nSPS) is 15.7. The number of rotatable bonds is 6. The summed E-state index contributed by atoms with van der Waals surface area (Å²) in [6, 6.07) is 0. The molecule has 1 aliphatic rings. The molecule has 0 unspecified atom stereocenters. The predicted molar refractivity (Wildman–Crippen MR) is 90.7 cm³/mol. The van der Waals surface area contributed by atoms with Gasteiger partial charge in [-0.1, -0.05) is 13.8 Å². The minimum atomic E-state index is -0.171. The SMILES string of the molecule is COC(=O)CC1CCN(C(=O)c2csc(NCC(C)C)n2)CC1. The van der Waals surface area contributed by atoms with E-state index in [4.69, 9.17) is 4.74 Å². The van der Waals surface area contributed by atoms with Gasteiger partial charge in [0.15, 0.2) is 5.13 Å². The second kappa shape index (κ2) is 8.29. The third-order valence-corrected chi connectivity index (χ3v) is 4.77. The maximum atomic E-state index is 12.5. The molecule has 2 heterocycles. The molecule has 0 radical (unpaired) electrons. The Morgan fingerprint density at radius 3 is 2.74 bits per heavy atom. The van der Waals surface area contributed by atoms with Crippen LogP contribution < -0.4 is 5.32 Å². The molecule has 6 nitrogen and oxygen atoms in total. The number of hydrogen-bond donors (Lipinski definition) is 1. The molecule has 1 fully saturated rings. The average Bonchev–Trinajstić information content (AvgIpc) is 3.01. The summed E-state index contributed by atoms with van der Waals surface area (Å²) in [5.41, 5.74) is 0.507. The van der Waals surface area contributed by atoms with Gasteiger partial charge in [-0.25, -0.2) is 4.98 Å². The van der Waals surface area contributed by atoms with E-state index in [1.165, 1.54) is 18.4 Å². The maximum absolute atomic E-state index is 12.5. The number of nitrogens with zero attached hydrogens (tertiary/aromatic N) is 2. The molecule has 128 valence electrons. The van der Waals surface area contributed by atoms with Crippen molar-refractivity contribution in [3.05, 3.63) is 11.1 Å². The van der Waals surface area contributed by atoms with Crippen LogP contribution in [0.5, 0.6) is 0 Å². The zero-order chi connectivity index (χ0) is 16.8. The number of carbonyl (C=O) groups excluding carboxylic acids is 2. The molecular weight excluding hydrogens is 314 g/mol. The molecule has 0 aliphatic carbocycles. The molecule has 2 rings (SSSR count). The van der Waals surface area contributed by atoms with Crippen molar-refractivity contribution in [2.75, 3.05) is 32.1 Å². The molecular formula is C16H25N3O3S.